The molecule has 1 saturated heterocycles. The maximum absolute atomic E-state index is 12.5. The van der Waals surface area contributed by atoms with E-state index in [2.05, 4.69) is 36.4 Å². The number of benzene rings is 1. The van der Waals surface area contributed by atoms with Crippen molar-refractivity contribution < 1.29 is 17.6 Å². The first-order valence-corrected chi connectivity index (χ1v) is 11.9. The zero-order valence-corrected chi connectivity index (χ0v) is 19.0. The fraction of sp³-hybridized carbons (Fsp3) is 0.444. The van der Waals surface area contributed by atoms with E-state index < -0.39 is 15.9 Å². The van der Waals surface area contributed by atoms with Gasteiger partial charge in [-0.05, 0) is 54.1 Å². The fourth-order valence-electron chi connectivity index (χ4n) is 3.17. The number of carbonyl (C=O) groups is 1. The number of aromatic nitrogens is 1. The van der Waals surface area contributed by atoms with Crippen LogP contribution in [0, 0.1) is 0 Å². The largest absolute Gasteiger partial charge is 0.431 e. The monoisotopic (exact) mass is 500 g/mol. The highest BCUT2D eigenvalue weighted by molar-refractivity contribution is 9.10. The van der Waals surface area contributed by atoms with Gasteiger partial charge in [0.2, 0.25) is 10.0 Å². The molecule has 0 aliphatic carbocycles. The molecule has 1 aliphatic rings. The zero-order valence-electron chi connectivity index (χ0n) is 16.6. The Hall–Kier alpha value is -2.15. The lowest BCUT2D eigenvalue weighted by Gasteiger charge is -2.35. The molecule has 0 bridgehead atoms. The molecular formula is C18H25BrN6O4S. The van der Waals surface area contributed by atoms with Gasteiger partial charge in [0.1, 0.15) is 6.26 Å². The van der Waals surface area contributed by atoms with E-state index in [1.54, 1.807) is 11.4 Å². The van der Waals surface area contributed by atoms with Gasteiger partial charge in [-0.3, -0.25) is 4.79 Å². The van der Waals surface area contributed by atoms with Gasteiger partial charge in [-0.15, -0.1) is 0 Å². The van der Waals surface area contributed by atoms with Crippen LogP contribution in [0.15, 0.2) is 33.4 Å². The van der Waals surface area contributed by atoms with Crippen LogP contribution in [-0.2, 0) is 10.0 Å². The van der Waals surface area contributed by atoms with E-state index in [0.717, 1.165) is 5.69 Å². The molecule has 4 N–H and O–H groups in total. The molecule has 2 heterocycles. The number of nitrogens with one attached hydrogen (secondary N) is 2. The van der Waals surface area contributed by atoms with Gasteiger partial charge in [0, 0.05) is 36.3 Å². The number of nitrogens with zero attached hydrogens (tertiary/aromatic N) is 3. The Balaban J connectivity index is 1.63. The molecule has 0 radical (unpaired) electrons. The molecule has 12 heteroatoms. The first kappa shape index (κ1) is 22.5. The summed E-state index contributed by atoms with van der Waals surface area (Å²) in [6.07, 6.45) is 1.78. The molecule has 0 unspecified atom stereocenters. The van der Waals surface area contributed by atoms with Crippen molar-refractivity contribution in [3.8, 4) is 0 Å². The Morgan fingerprint density at radius 1 is 1.30 bits per heavy atom. The molecule has 164 valence electrons. The van der Waals surface area contributed by atoms with Gasteiger partial charge in [0.25, 0.3) is 11.9 Å². The number of rotatable bonds is 8. The third-order valence-corrected chi connectivity index (χ3v) is 7.43. The summed E-state index contributed by atoms with van der Waals surface area (Å²) in [4.78, 5) is 18.2. The van der Waals surface area contributed by atoms with E-state index in [0.29, 0.717) is 49.3 Å². The van der Waals surface area contributed by atoms with Gasteiger partial charge in [0.15, 0.2) is 5.69 Å². The quantitative estimate of drug-likeness (QED) is 0.462. The van der Waals surface area contributed by atoms with Crippen LogP contribution in [0.3, 0.4) is 0 Å². The van der Waals surface area contributed by atoms with Crippen molar-refractivity contribution in [1.29, 1.82) is 0 Å². The number of halogens is 1. The van der Waals surface area contributed by atoms with E-state index in [9.17, 15) is 13.2 Å². The molecule has 1 aromatic heterocycles. The first-order valence-electron chi connectivity index (χ1n) is 9.49. The average Bonchev–Trinajstić information content (AvgIpc) is 3.16. The molecule has 1 aromatic carbocycles. The Bertz CT molecular complexity index is 988. The smallest absolute Gasteiger partial charge is 0.292 e. The second-order valence-electron chi connectivity index (χ2n) is 6.85. The van der Waals surface area contributed by atoms with Crippen molar-refractivity contribution in [2.75, 3.05) is 61.5 Å². The van der Waals surface area contributed by atoms with Crippen molar-refractivity contribution in [1.82, 2.24) is 14.6 Å². The standard InChI is InChI=1S/C18H25BrN6O4S/c1-21-5-2-10-30(27,28)25-8-6-24(7-9-25)13-3-4-14(19)15(11-13)22-17(26)16-12-29-18(20)23-16/h3-4,11-12,21H,2,5-10H2,1H3,(H2,20,23)(H,22,26). The number of hydrogen-bond acceptors (Lipinski definition) is 8. The third-order valence-electron chi connectivity index (χ3n) is 4.78. The molecule has 1 fully saturated rings. The Morgan fingerprint density at radius 3 is 2.67 bits per heavy atom. The molecule has 1 amide bonds. The van der Waals surface area contributed by atoms with Crippen LogP contribution < -0.4 is 21.3 Å². The average molecular weight is 501 g/mol. The minimum absolute atomic E-state index is 0.0771. The van der Waals surface area contributed by atoms with Crippen LogP contribution in [0.4, 0.5) is 17.4 Å². The van der Waals surface area contributed by atoms with Crippen molar-refractivity contribution in [3.63, 3.8) is 0 Å². The number of anilines is 3. The van der Waals surface area contributed by atoms with Crippen molar-refractivity contribution in [2.45, 2.75) is 6.42 Å². The highest BCUT2D eigenvalue weighted by atomic mass is 79.9. The highest BCUT2D eigenvalue weighted by Crippen LogP contribution is 2.29. The first-order chi connectivity index (χ1) is 14.3. The van der Waals surface area contributed by atoms with Gasteiger partial charge in [-0.1, -0.05) is 0 Å². The summed E-state index contributed by atoms with van der Waals surface area (Å²) in [5.74, 6) is -0.291. The maximum atomic E-state index is 12.5. The molecule has 3 rings (SSSR count). The highest BCUT2D eigenvalue weighted by Gasteiger charge is 2.27. The molecule has 0 spiro atoms. The second-order valence-corrected chi connectivity index (χ2v) is 9.79. The zero-order chi connectivity index (χ0) is 21.7. The number of nitrogens with two attached hydrogens (primary N) is 1. The van der Waals surface area contributed by atoms with E-state index >= 15 is 0 Å². The number of nitrogen functional groups attached to an aromatic ring is 1. The molecular weight excluding hydrogens is 476 g/mol. The summed E-state index contributed by atoms with van der Waals surface area (Å²) in [6, 6.07) is 5.52. The Labute approximate surface area is 184 Å². The minimum atomic E-state index is -3.24. The Morgan fingerprint density at radius 2 is 2.03 bits per heavy atom. The van der Waals surface area contributed by atoms with E-state index in [1.165, 1.54) is 6.26 Å². The van der Waals surface area contributed by atoms with Crippen LogP contribution in [0.25, 0.3) is 0 Å². The SMILES string of the molecule is CNCCCS(=O)(=O)N1CCN(c2ccc(Br)c(NC(=O)c3coc(N)n3)c2)CC1. The Kier molecular flexibility index (Phi) is 7.34. The van der Waals surface area contributed by atoms with Crippen molar-refractivity contribution >= 4 is 49.2 Å². The summed E-state index contributed by atoms with van der Waals surface area (Å²) < 4.78 is 32.1. The van der Waals surface area contributed by atoms with E-state index in [-0.39, 0.29) is 17.5 Å². The lowest BCUT2D eigenvalue weighted by atomic mass is 10.2. The van der Waals surface area contributed by atoms with Crippen LogP contribution >= 0.6 is 15.9 Å². The van der Waals surface area contributed by atoms with E-state index in [4.69, 9.17) is 10.2 Å². The number of sulfonamides is 1. The minimum Gasteiger partial charge on any atom is -0.431 e. The van der Waals surface area contributed by atoms with Crippen LogP contribution in [0.1, 0.15) is 16.9 Å². The van der Waals surface area contributed by atoms with Gasteiger partial charge < -0.3 is 25.7 Å². The normalized spacial score (nSPS) is 15.3. The number of amides is 1. The molecule has 1 aliphatic heterocycles. The number of carbonyl (C=O) groups excluding carboxylic acids is 1. The van der Waals surface area contributed by atoms with Gasteiger partial charge in [0.05, 0.1) is 11.4 Å². The third kappa shape index (κ3) is 5.50. The van der Waals surface area contributed by atoms with Crippen LogP contribution in [0.5, 0.6) is 0 Å². The van der Waals surface area contributed by atoms with Crippen LogP contribution in [0.2, 0.25) is 0 Å². The molecule has 30 heavy (non-hydrogen) atoms. The van der Waals surface area contributed by atoms with Crippen molar-refractivity contribution in [3.05, 3.63) is 34.6 Å². The summed E-state index contributed by atoms with van der Waals surface area (Å²) >= 11 is 3.43. The lowest BCUT2D eigenvalue weighted by Crippen LogP contribution is -2.49. The second kappa shape index (κ2) is 9.77. The maximum Gasteiger partial charge on any atom is 0.292 e. The summed E-state index contributed by atoms with van der Waals surface area (Å²) in [5.41, 5.74) is 6.96. The summed E-state index contributed by atoms with van der Waals surface area (Å²) in [6.45, 7) is 2.67. The van der Waals surface area contributed by atoms with Crippen molar-refractivity contribution in [2.24, 2.45) is 0 Å². The van der Waals surface area contributed by atoms with E-state index in [1.807, 2.05) is 18.2 Å². The van der Waals surface area contributed by atoms with Gasteiger partial charge in [-0.2, -0.15) is 9.29 Å². The number of piperazine rings is 1. The van der Waals surface area contributed by atoms with Gasteiger partial charge >= 0.3 is 0 Å². The number of oxazole rings is 1. The molecule has 0 saturated carbocycles. The molecule has 2 aromatic rings. The topological polar surface area (TPSA) is 134 Å². The molecule has 10 nitrogen and oxygen atoms in total. The predicted molar refractivity (Wildman–Crippen MR) is 119 cm³/mol. The summed E-state index contributed by atoms with van der Waals surface area (Å²) in [5, 5.41) is 5.74. The number of hydrogen-bond donors (Lipinski definition) is 3. The lowest BCUT2D eigenvalue weighted by molar-refractivity contribution is 0.102. The summed E-state index contributed by atoms with van der Waals surface area (Å²) in [7, 11) is -1.44. The molecule has 0 atom stereocenters. The van der Waals surface area contributed by atoms with Crippen LogP contribution in [-0.4, -0.2) is 69.1 Å². The fourth-order valence-corrected chi connectivity index (χ4v) is 5.00. The predicted octanol–water partition coefficient (Wildman–Crippen LogP) is 1.33. The van der Waals surface area contributed by atoms with Gasteiger partial charge in [-0.25, -0.2) is 8.42 Å².